The Kier molecular flexibility index (Phi) is 7.66. The maximum absolute atomic E-state index is 11.9. The molecule has 6 nitrogen and oxygen atoms in total. The highest BCUT2D eigenvalue weighted by atomic mass is 16.5. The van der Waals surface area contributed by atoms with Gasteiger partial charge in [-0.3, -0.25) is 9.59 Å². The van der Waals surface area contributed by atoms with Gasteiger partial charge in [-0.1, -0.05) is 18.2 Å². The fourth-order valence-electron chi connectivity index (χ4n) is 2.01. The molecule has 0 aromatic heterocycles. The summed E-state index contributed by atoms with van der Waals surface area (Å²) < 4.78 is 15.6. The van der Waals surface area contributed by atoms with E-state index in [0.717, 1.165) is 5.56 Å². The highest BCUT2D eigenvalue weighted by molar-refractivity contribution is 5.83. The average Bonchev–Trinajstić information content (AvgIpc) is 2.56. The number of para-hydroxylation sites is 1. The highest BCUT2D eigenvalue weighted by Gasteiger charge is 2.18. The van der Waals surface area contributed by atoms with Crippen molar-refractivity contribution >= 4 is 11.9 Å². The van der Waals surface area contributed by atoms with Crippen LogP contribution in [-0.4, -0.2) is 38.7 Å². The number of ether oxygens (including phenoxy) is 3. The minimum Gasteiger partial charge on any atom is -0.493 e. The molecule has 1 aromatic rings. The summed E-state index contributed by atoms with van der Waals surface area (Å²) in [4.78, 5) is 23.5. The summed E-state index contributed by atoms with van der Waals surface area (Å²) in [5.74, 6) is 0.406. The predicted molar refractivity (Wildman–Crippen MR) is 86.6 cm³/mol. The van der Waals surface area contributed by atoms with Crippen molar-refractivity contribution in [3.8, 4) is 11.5 Å². The molecular weight excluding hydrogens is 298 g/mol. The van der Waals surface area contributed by atoms with Crippen LogP contribution in [0.3, 0.4) is 0 Å². The standard InChI is InChI=1S/C17H23NO5/c1-5-11-18-17(20)12(2)23-15(19)10-9-13-7-6-8-14(21-3)16(13)22-4/h5-8,12H,1,9-11H2,2-4H3,(H,18,20)/t12-/m0/s1. The molecule has 1 rings (SSSR count). The van der Waals surface area contributed by atoms with Crippen molar-refractivity contribution in [2.45, 2.75) is 25.9 Å². The zero-order valence-electron chi connectivity index (χ0n) is 13.8. The summed E-state index contributed by atoms with van der Waals surface area (Å²) in [6.07, 6.45) is 1.29. The van der Waals surface area contributed by atoms with E-state index in [1.807, 2.05) is 12.1 Å². The zero-order chi connectivity index (χ0) is 17.2. The van der Waals surface area contributed by atoms with Gasteiger partial charge in [0.2, 0.25) is 0 Å². The second-order valence-corrected chi connectivity index (χ2v) is 4.82. The number of hydrogen-bond acceptors (Lipinski definition) is 5. The van der Waals surface area contributed by atoms with E-state index in [9.17, 15) is 9.59 Å². The van der Waals surface area contributed by atoms with Gasteiger partial charge < -0.3 is 19.5 Å². The van der Waals surface area contributed by atoms with Crippen LogP contribution in [0.15, 0.2) is 30.9 Å². The van der Waals surface area contributed by atoms with Crippen molar-refractivity contribution in [1.82, 2.24) is 5.32 Å². The number of aryl methyl sites for hydroxylation is 1. The zero-order valence-corrected chi connectivity index (χ0v) is 13.8. The number of rotatable bonds is 9. The van der Waals surface area contributed by atoms with Crippen LogP contribution in [0.2, 0.25) is 0 Å². The molecule has 0 aliphatic carbocycles. The van der Waals surface area contributed by atoms with E-state index in [0.29, 0.717) is 24.5 Å². The first kappa shape index (κ1) is 18.5. The normalized spacial score (nSPS) is 11.3. The Morgan fingerprint density at radius 3 is 2.65 bits per heavy atom. The number of carbonyl (C=O) groups excluding carboxylic acids is 2. The molecule has 0 aliphatic heterocycles. The van der Waals surface area contributed by atoms with Gasteiger partial charge in [0.05, 0.1) is 14.2 Å². The number of carbonyl (C=O) groups is 2. The Labute approximate surface area is 136 Å². The molecule has 0 unspecified atom stereocenters. The Balaban J connectivity index is 2.56. The maximum Gasteiger partial charge on any atom is 0.306 e. The number of hydrogen-bond donors (Lipinski definition) is 1. The predicted octanol–water partition coefficient (Wildman–Crippen LogP) is 1.87. The molecular formula is C17H23NO5. The van der Waals surface area contributed by atoms with Crippen molar-refractivity contribution < 1.29 is 23.8 Å². The molecule has 1 N–H and O–H groups in total. The van der Waals surface area contributed by atoms with E-state index in [1.165, 1.54) is 6.92 Å². The number of methoxy groups -OCH3 is 2. The molecule has 1 atom stereocenters. The summed E-state index contributed by atoms with van der Waals surface area (Å²) in [5, 5.41) is 2.57. The third-order valence-corrected chi connectivity index (χ3v) is 3.18. The molecule has 23 heavy (non-hydrogen) atoms. The fraction of sp³-hybridized carbons (Fsp3) is 0.412. The van der Waals surface area contributed by atoms with Gasteiger partial charge in [-0.05, 0) is 25.0 Å². The molecule has 1 aromatic carbocycles. The van der Waals surface area contributed by atoms with Gasteiger partial charge in [0, 0.05) is 13.0 Å². The van der Waals surface area contributed by atoms with Crippen molar-refractivity contribution in [1.29, 1.82) is 0 Å². The lowest BCUT2D eigenvalue weighted by atomic mass is 10.1. The molecule has 0 saturated carbocycles. The van der Waals surface area contributed by atoms with Crippen molar-refractivity contribution in [3.63, 3.8) is 0 Å². The van der Waals surface area contributed by atoms with E-state index in [4.69, 9.17) is 14.2 Å². The van der Waals surface area contributed by atoms with E-state index < -0.39 is 12.1 Å². The molecule has 0 radical (unpaired) electrons. The largest absolute Gasteiger partial charge is 0.493 e. The van der Waals surface area contributed by atoms with E-state index in [1.54, 1.807) is 26.4 Å². The summed E-state index contributed by atoms with van der Waals surface area (Å²) in [5.41, 5.74) is 0.840. The Morgan fingerprint density at radius 2 is 2.04 bits per heavy atom. The molecule has 0 bridgehead atoms. The van der Waals surface area contributed by atoms with Gasteiger partial charge in [0.25, 0.3) is 5.91 Å². The molecule has 0 saturated heterocycles. The van der Waals surface area contributed by atoms with Gasteiger partial charge in [0.15, 0.2) is 17.6 Å². The lowest BCUT2D eigenvalue weighted by Gasteiger charge is -2.14. The number of benzene rings is 1. The molecule has 1 amide bonds. The average molecular weight is 321 g/mol. The number of esters is 1. The van der Waals surface area contributed by atoms with Gasteiger partial charge in [-0.25, -0.2) is 0 Å². The van der Waals surface area contributed by atoms with Crippen LogP contribution < -0.4 is 14.8 Å². The Morgan fingerprint density at radius 1 is 1.30 bits per heavy atom. The lowest BCUT2D eigenvalue weighted by molar-refractivity contribution is -0.154. The topological polar surface area (TPSA) is 73.9 Å². The lowest BCUT2D eigenvalue weighted by Crippen LogP contribution is -2.35. The van der Waals surface area contributed by atoms with Crippen molar-refractivity contribution in [2.24, 2.45) is 0 Å². The monoisotopic (exact) mass is 321 g/mol. The minimum atomic E-state index is -0.838. The minimum absolute atomic E-state index is 0.141. The first-order valence-electron chi connectivity index (χ1n) is 7.31. The van der Waals surface area contributed by atoms with Gasteiger partial charge in [0.1, 0.15) is 0 Å². The van der Waals surface area contributed by atoms with Crippen LogP contribution in [0.5, 0.6) is 11.5 Å². The van der Waals surface area contributed by atoms with Gasteiger partial charge in [-0.2, -0.15) is 0 Å². The highest BCUT2D eigenvalue weighted by Crippen LogP contribution is 2.31. The van der Waals surface area contributed by atoms with Crippen molar-refractivity contribution in [3.05, 3.63) is 36.4 Å². The summed E-state index contributed by atoms with van der Waals surface area (Å²) in [7, 11) is 3.10. The molecule has 0 spiro atoms. The first-order valence-corrected chi connectivity index (χ1v) is 7.31. The fourth-order valence-corrected chi connectivity index (χ4v) is 2.01. The van der Waals surface area contributed by atoms with E-state index in [2.05, 4.69) is 11.9 Å². The smallest absolute Gasteiger partial charge is 0.306 e. The summed E-state index contributed by atoms with van der Waals surface area (Å²) in [6, 6.07) is 5.47. The SMILES string of the molecule is C=CCNC(=O)[C@H](C)OC(=O)CCc1cccc(OC)c1OC. The van der Waals surface area contributed by atoms with Gasteiger partial charge >= 0.3 is 5.97 Å². The second kappa shape index (κ2) is 9.50. The Bertz CT molecular complexity index is 556. The molecule has 0 heterocycles. The molecule has 6 heteroatoms. The van der Waals surface area contributed by atoms with Crippen LogP contribution in [0, 0.1) is 0 Å². The van der Waals surface area contributed by atoms with Crippen LogP contribution in [0.4, 0.5) is 0 Å². The summed E-state index contributed by atoms with van der Waals surface area (Å²) >= 11 is 0. The van der Waals surface area contributed by atoms with E-state index in [-0.39, 0.29) is 12.3 Å². The van der Waals surface area contributed by atoms with Crippen LogP contribution >= 0.6 is 0 Å². The van der Waals surface area contributed by atoms with Crippen LogP contribution in [0.1, 0.15) is 18.9 Å². The van der Waals surface area contributed by atoms with Crippen molar-refractivity contribution in [2.75, 3.05) is 20.8 Å². The van der Waals surface area contributed by atoms with Crippen LogP contribution in [-0.2, 0) is 20.7 Å². The second-order valence-electron chi connectivity index (χ2n) is 4.82. The summed E-state index contributed by atoms with van der Waals surface area (Å²) in [6.45, 7) is 5.37. The van der Waals surface area contributed by atoms with Crippen LogP contribution in [0.25, 0.3) is 0 Å². The maximum atomic E-state index is 11.9. The Hall–Kier alpha value is -2.50. The molecule has 0 fully saturated rings. The third kappa shape index (κ3) is 5.65. The third-order valence-electron chi connectivity index (χ3n) is 3.18. The first-order chi connectivity index (χ1) is 11.0. The van der Waals surface area contributed by atoms with Gasteiger partial charge in [-0.15, -0.1) is 6.58 Å². The number of amides is 1. The van der Waals surface area contributed by atoms with E-state index >= 15 is 0 Å². The number of nitrogens with one attached hydrogen (secondary N) is 1. The molecule has 126 valence electrons. The quantitative estimate of drug-likeness (QED) is 0.555. The molecule has 0 aliphatic rings.